The van der Waals surface area contributed by atoms with Crippen LogP contribution < -0.4 is 29.6 Å². The smallest absolute Gasteiger partial charge is 0.265 e. The molecule has 5 rings (SSSR count). The van der Waals surface area contributed by atoms with Crippen molar-refractivity contribution in [2.75, 3.05) is 17.2 Å². The fourth-order valence-electron chi connectivity index (χ4n) is 9.47. The standard InChI is InChI=1S/C66H92N2O7/c1-19-54(75-56-39-27-45(63(11,12)21-3)42-52(56)65(15,16)23-5)60(71)68-47-30-34-48(35-31-47)73-58-50(66(17,18)43-61(6,7)8)36-37-53(69)59(58)74-49-32-28-46(29-33-49)67-57(70)25-24-40-72-55-38-26-44(62(9,10)20-2)41-51(55)64(13,14)22-4/h26-39,41-42,54,69H,19-25,40,43H2,1-18H3,(H,67,70)(H,68,71). The number of amides is 2. The van der Waals surface area contributed by atoms with Crippen molar-refractivity contribution in [1.29, 1.82) is 0 Å². The number of rotatable bonds is 25. The largest absolute Gasteiger partial charge is 0.504 e. The lowest BCUT2D eigenvalue weighted by atomic mass is 9.72. The van der Waals surface area contributed by atoms with Gasteiger partial charge in [0.25, 0.3) is 5.91 Å². The minimum atomic E-state index is -0.715. The van der Waals surface area contributed by atoms with Gasteiger partial charge in [-0.05, 0) is 155 Å². The lowest BCUT2D eigenvalue weighted by Gasteiger charge is -2.34. The molecule has 5 aromatic carbocycles. The molecule has 1 atom stereocenters. The van der Waals surface area contributed by atoms with Gasteiger partial charge in [0.05, 0.1) is 6.61 Å². The molecule has 1 unspecified atom stereocenters. The second-order valence-electron chi connectivity index (χ2n) is 25.0. The Kier molecular flexibility index (Phi) is 19.5. The maximum Gasteiger partial charge on any atom is 0.265 e. The Hall–Kier alpha value is -5.96. The first-order valence-corrected chi connectivity index (χ1v) is 27.6. The summed E-state index contributed by atoms with van der Waals surface area (Å²) in [6, 6.07) is 30.8. The van der Waals surface area contributed by atoms with E-state index >= 15 is 0 Å². The van der Waals surface area contributed by atoms with E-state index in [9.17, 15) is 14.7 Å². The van der Waals surface area contributed by atoms with E-state index in [-0.39, 0.29) is 50.4 Å². The molecule has 0 bridgehead atoms. The van der Waals surface area contributed by atoms with Crippen LogP contribution in [0.5, 0.6) is 40.2 Å². The molecule has 0 saturated carbocycles. The first-order valence-electron chi connectivity index (χ1n) is 27.6. The zero-order valence-electron chi connectivity index (χ0n) is 49.1. The van der Waals surface area contributed by atoms with Crippen LogP contribution in [0.3, 0.4) is 0 Å². The molecule has 0 spiro atoms. The van der Waals surface area contributed by atoms with Gasteiger partial charge in [-0.2, -0.15) is 0 Å². The Morgan fingerprint density at radius 3 is 1.47 bits per heavy atom. The van der Waals surface area contributed by atoms with Crippen LogP contribution in [0.15, 0.2) is 97.1 Å². The van der Waals surface area contributed by atoms with Crippen LogP contribution >= 0.6 is 0 Å². The average Bonchev–Trinajstić information content (AvgIpc) is 3.35. The molecule has 0 aliphatic heterocycles. The molecule has 75 heavy (non-hydrogen) atoms. The molecular weight excluding hydrogens is 933 g/mol. The van der Waals surface area contributed by atoms with Crippen molar-refractivity contribution in [1.82, 2.24) is 0 Å². The van der Waals surface area contributed by atoms with Crippen LogP contribution in [0.4, 0.5) is 11.4 Å². The molecule has 0 radical (unpaired) electrons. The molecule has 9 heteroatoms. The highest BCUT2D eigenvalue weighted by molar-refractivity contribution is 5.94. The van der Waals surface area contributed by atoms with Crippen molar-refractivity contribution < 1.29 is 33.6 Å². The third kappa shape index (κ3) is 15.6. The minimum absolute atomic E-state index is 0.0121. The number of benzene rings is 5. The molecule has 5 aromatic rings. The Balaban J connectivity index is 1.30. The number of hydrogen-bond donors (Lipinski definition) is 3. The fraction of sp³-hybridized carbons (Fsp3) is 0.515. The molecular formula is C66H92N2O7. The summed E-state index contributed by atoms with van der Waals surface area (Å²) in [5.74, 6) is 2.64. The van der Waals surface area contributed by atoms with Gasteiger partial charge in [-0.1, -0.05) is 155 Å². The summed E-state index contributed by atoms with van der Waals surface area (Å²) in [6.07, 6.45) is 5.38. The Labute approximate surface area is 451 Å². The third-order valence-corrected chi connectivity index (χ3v) is 15.7. The van der Waals surface area contributed by atoms with Crippen LogP contribution in [-0.2, 0) is 36.7 Å². The minimum Gasteiger partial charge on any atom is -0.504 e. The monoisotopic (exact) mass is 1020 g/mol. The molecule has 0 aliphatic carbocycles. The van der Waals surface area contributed by atoms with E-state index in [1.54, 1.807) is 54.6 Å². The molecule has 0 fully saturated rings. The van der Waals surface area contributed by atoms with E-state index < -0.39 is 11.5 Å². The number of hydrogen-bond acceptors (Lipinski definition) is 7. The average molecular weight is 1030 g/mol. The van der Waals surface area contributed by atoms with Gasteiger partial charge in [-0.3, -0.25) is 9.59 Å². The second kappa shape index (κ2) is 24.4. The normalized spacial score (nSPS) is 13.0. The fourth-order valence-corrected chi connectivity index (χ4v) is 9.47. The lowest BCUT2D eigenvalue weighted by Crippen LogP contribution is -2.33. The van der Waals surface area contributed by atoms with E-state index in [0.717, 1.165) is 54.7 Å². The van der Waals surface area contributed by atoms with E-state index in [0.29, 0.717) is 54.5 Å². The summed E-state index contributed by atoms with van der Waals surface area (Å²) in [5, 5.41) is 17.5. The first-order chi connectivity index (χ1) is 35.0. The van der Waals surface area contributed by atoms with Crippen molar-refractivity contribution in [3.63, 3.8) is 0 Å². The Morgan fingerprint density at radius 1 is 0.520 bits per heavy atom. The van der Waals surface area contributed by atoms with E-state index in [2.05, 4.69) is 159 Å². The molecule has 0 heterocycles. The van der Waals surface area contributed by atoms with Crippen LogP contribution in [0.1, 0.15) is 204 Å². The van der Waals surface area contributed by atoms with Crippen molar-refractivity contribution in [3.05, 3.63) is 125 Å². The van der Waals surface area contributed by atoms with E-state index in [1.807, 2.05) is 19.1 Å². The maximum absolute atomic E-state index is 13.9. The molecule has 0 saturated heterocycles. The van der Waals surface area contributed by atoms with E-state index in [1.165, 1.54) is 16.7 Å². The SMILES string of the molecule is CCC(Oc1ccc(C(C)(C)CC)cc1C(C)(C)CC)C(=O)Nc1ccc(Oc2c(C(C)(C)CC(C)(C)C)ccc(O)c2Oc2ccc(NC(=O)CCCOc3ccc(C(C)(C)CC)cc3C(C)(C)CC)cc2)cc1. The zero-order chi connectivity index (χ0) is 55.7. The van der Waals surface area contributed by atoms with Crippen molar-refractivity contribution in [2.45, 2.75) is 209 Å². The molecule has 0 aliphatic rings. The number of anilines is 2. The number of ether oxygens (including phenoxy) is 4. The number of carbonyl (C=O) groups is 2. The highest BCUT2D eigenvalue weighted by atomic mass is 16.5. The third-order valence-electron chi connectivity index (χ3n) is 15.7. The van der Waals surface area contributed by atoms with Crippen LogP contribution in [-0.4, -0.2) is 29.6 Å². The number of phenols is 1. The summed E-state index contributed by atoms with van der Waals surface area (Å²) in [7, 11) is 0. The number of nitrogens with one attached hydrogen (secondary N) is 2. The van der Waals surface area contributed by atoms with Gasteiger partial charge in [0.1, 0.15) is 23.0 Å². The summed E-state index contributed by atoms with van der Waals surface area (Å²) >= 11 is 0. The highest BCUT2D eigenvalue weighted by Crippen LogP contribution is 2.50. The van der Waals surface area contributed by atoms with Gasteiger partial charge in [-0.15, -0.1) is 0 Å². The highest BCUT2D eigenvalue weighted by Gasteiger charge is 2.34. The Bertz CT molecular complexity index is 2700. The lowest BCUT2D eigenvalue weighted by molar-refractivity contribution is -0.123. The van der Waals surface area contributed by atoms with Crippen molar-refractivity contribution in [2.24, 2.45) is 5.41 Å². The van der Waals surface area contributed by atoms with Gasteiger partial charge in [0.2, 0.25) is 11.7 Å². The second-order valence-corrected chi connectivity index (χ2v) is 25.0. The summed E-state index contributed by atoms with van der Waals surface area (Å²) < 4.78 is 26.1. The summed E-state index contributed by atoms with van der Waals surface area (Å²) in [5.41, 5.74) is 6.39. The first kappa shape index (κ1) is 59.9. The van der Waals surface area contributed by atoms with Crippen LogP contribution in [0.25, 0.3) is 0 Å². The van der Waals surface area contributed by atoms with Crippen molar-refractivity contribution >= 4 is 23.2 Å². The Morgan fingerprint density at radius 2 is 0.987 bits per heavy atom. The molecule has 2 amide bonds. The van der Waals surface area contributed by atoms with Gasteiger partial charge < -0.3 is 34.7 Å². The van der Waals surface area contributed by atoms with Crippen LogP contribution in [0, 0.1) is 5.41 Å². The van der Waals surface area contributed by atoms with Crippen molar-refractivity contribution in [3.8, 4) is 40.2 Å². The van der Waals surface area contributed by atoms with Gasteiger partial charge >= 0.3 is 0 Å². The van der Waals surface area contributed by atoms with Gasteiger partial charge in [0, 0.05) is 34.5 Å². The maximum atomic E-state index is 13.9. The quantitative estimate of drug-likeness (QED) is 0.0499. The van der Waals surface area contributed by atoms with Gasteiger partial charge in [-0.25, -0.2) is 0 Å². The van der Waals surface area contributed by atoms with E-state index in [4.69, 9.17) is 18.9 Å². The topological polar surface area (TPSA) is 115 Å². The predicted molar refractivity (Wildman–Crippen MR) is 311 cm³/mol. The summed E-state index contributed by atoms with van der Waals surface area (Å²) in [6.45, 7) is 40.1. The molecule has 9 nitrogen and oxygen atoms in total. The summed E-state index contributed by atoms with van der Waals surface area (Å²) in [4.78, 5) is 27.0. The molecule has 408 valence electrons. The van der Waals surface area contributed by atoms with Crippen LogP contribution in [0.2, 0.25) is 0 Å². The predicted octanol–water partition coefficient (Wildman–Crippen LogP) is 18.0. The number of phenolic OH excluding ortho intramolecular Hbond substituents is 1. The molecule has 3 N–H and O–H groups in total. The van der Waals surface area contributed by atoms with Gasteiger partial charge in [0.15, 0.2) is 17.6 Å². The molecule has 0 aromatic heterocycles. The number of aromatic hydroxyl groups is 1. The zero-order valence-corrected chi connectivity index (χ0v) is 49.1. The number of carbonyl (C=O) groups excluding carboxylic acids is 2.